The van der Waals surface area contributed by atoms with Crippen molar-refractivity contribution >= 4 is 23.6 Å². The largest absolute Gasteiger partial charge is 0.465 e. The number of allylic oxidation sites excluding steroid dienone is 1. The molecule has 2 amide bonds. The van der Waals surface area contributed by atoms with Crippen LogP contribution in [0.3, 0.4) is 0 Å². The van der Waals surface area contributed by atoms with Gasteiger partial charge < -0.3 is 19.2 Å². The average Bonchev–Trinajstić information content (AvgIpc) is 3.33. The summed E-state index contributed by atoms with van der Waals surface area (Å²) in [7, 11) is 0. The van der Waals surface area contributed by atoms with Crippen molar-refractivity contribution in [3.05, 3.63) is 54.0 Å². The standard InChI is InChI=1S/C18H17N3O5/c1-12(4-6-14-3-2-8-24-14)20-21-17(22)10-19-18(23)13-5-7-15-16(9-13)26-11-25-15/h2-9H,10-11H2,1H3,(H,19,23)(H,21,22)/b6-4+,20-12+. The average molecular weight is 355 g/mol. The van der Waals surface area contributed by atoms with Gasteiger partial charge in [0.15, 0.2) is 11.5 Å². The Morgan fingerprint density at radius 2 is 2.08 bits per heavy atom. The summed E-state index contributed by atoms with van der Waals surface area (Å²) in [4.78, 5) is 23.9. The summed E-state index contributed by atoms with van der Waals surface area (Å²) in [6.45, 7) is 1.66. The monoisotopic (exact) mass is 355 g/mol. The minimum atomic E-state index is -0.440. The van der Waals surface area contributed by atoms with Crippen LogP contribution in [0.5, 0.6) is 11.5 Å². The van der Waals surface area contributed by atoms with Crippen LogP contribution in [0, 0.1) is 0 Å². The number of hydrogen-bond donors (Lipinski definition) is 2. The molecule has 8 nitrogen and oxygen atoms in total. The van der Waals surface area contributed by atoms with Crippen molar-refractivity contribution < 1.29 is 23.5 Å². The lowest BCUT2D eigenvalue weighted by atomic mass is 10.2. The zero-order chi connectivity index (χ0) is 18.4. The number of furan rings is 1. The molecule has 0 atom stereocenters. The van der Waals surface area contributed by atoms with Gasteiger partial charge in [0.05, 0.1) is 18.5 Å². The predicted octanol–water partition coefficient (Wildman–Crippen LogP) is 1.94. The molecule has 8 heteroatoms. The number of carbonyl (C=O) groups is 2. The van der Waals surface area contributed by atoms with E-state index in [0.717, 1.165) is 0 Å². The van der Waals surface area contributed by atoms with E-state index in [1.165, 1.54) is 0 Å². The van der Waals surface area contributed by atoms with Gasteiger partial charge in [-0.25, -0.2) is 5.43 Å². The lowest BCUT2D eigenvalue weighted by Gasteiger charge is -2.05. The molecule has 1 aromatic carbocycles. The van der Waals surface area contributed by atoms with Crippen LogP contribution >= 0.6 is 0 Å². The molecule has 0 aliphatic carbocycles. The fourth-order valence-corrected chi connectivity index (χ4v) is 2.12. The maximum absolute atomic E-state index is 12.1. The molecule has 1 aromatic heterocycles. The first-order valence-corrected chi connectivity index (χ1v) is 7.84. The smallest absolute Gasteiger partial charge is 0.259 e. The summed E-state index contributed by atoms with van der Waals surface area (Å²) < 4.78 is 15.6. The number of carbonyl (C=O) groups excluding carboxylic acids is 2. The molecule has 0 saturated heterocycles. The molecule has 1 aliphatic rings. The first kappa shape index (κ1) is 17.3. The molecule has 3 rings (SSSR count). The Hall–Kier alpha value is -3.55. The summed E-state index contributed by atoms with van der Waals surface area (Å²) in [5, 5.41) is 6.44. The van der Waals surface area contributed by atoms with Gasteiger partial charge >= 0.3 is 0 Å². The van der Waals surface area contributed by atoms with Crippen molar-refractivity contribution in [1.82, 2.24) is 10.7 Å². The predicted molar refractivity (Wildman–Crippen MR) is 93.9 cm³/mol. The van der Waals surface area contributed by atoms with Gasteiger partial charge in [-0.2, -0.15) is 5.10 Å². The van der Waals surface area contributed by atoms with E-state index in [1.807, 2.05) is 0 Å². The Balaban J connectivity index is 1.46. The van der Waals surface area contributed by atoms with Crippen LogP contribution in [0.25, 0.3) is 6.08 Å². The van der Waals surface area contributed by atoms with E-state index in [4.69, 9.17) is 13.9 Å². The van der Waals surface area contributed by atoms with Crippen molar-refractivity contribution in [2.75, 3.05) is 13.3 Å². The van der Waals surface area contributed by atoms with Gasteiger partial charge in [-0.15, -0.1) is 0 Å². The third-order valence-electron chi connectivity index (χ3n) is 3.43. The van der Waals surface area contributed by atoms with Crippen molar-refractivity contribution in [3.8, 4) is 11.5 Å². The van der Waals surface area contributed by atoms with Crippen molar-refractivity contribution in [2.45, 2.75) is 6.92 Å². The Kier molecular flexibility index (Phi) is 5.33. The molecule has 0 fully saturated rings. The summed E-state index contributed by atoms with van der Waals surface area (Å²) in [6, 6.07) is 8.39. The number of nitrogens with zero attached hydrogens (tertiary/aromatic N) is 1. The SMILES string of the molecule is CC(/C=C/c1ccco1)=N\NC(=O)CNC(=O)c1ccc2c(c1)OCO2. The van der Waals surface area contributed by atoms with E-state index in [0.29, 0.717) is 28.5 Å². The molecule has 2 N–H and O–H groups in total. The van der Waals surface area contributed by atoms with Crippen LogP contribution in [-0.2, 0) is 4.79 Å². The number of rotatable bonds is 6. The Labute approximate surface area is 149 Å². The maximum atomic E-state index is 12.1. The molecule has 0 radical (unpaired) electrons. The van der Waals surface area contributed by atoms with E-state index in [-0.39, 0.29) is 13.3 Å². The lowest BCUT2D eigenvalue weighted by molar-refractivity contribution is -0.120. The molecule has 134 valence electrons. The molecule has 0 spiro atoms. The van der Waals surface area contributed by atoms with Crippen LogP contribution < -0.4 is 20.2 Å². The number of hydrazone groups is 1. The van der Waals surface area contributed by atoms with Crippen LogP contribution in [0.4, 0.5) is 0 Å². The van der Waals surface area contributed by atoms with Crippen molar-refractivity contribution in [3.63, 3.8) is 0 Å². The number of hydrogen-bond acceptors (Lipinski definition) is 6. The Morgan fingerprint density at radius 3 is 2.88 bits per heavy atom. The first-order chi connectivity index (χ1) is 12.6. The molecule has 26 heavy (non-hydrogen) atoms. The second kappa shape index (κ2) is 8.02. The molecular formula is C18H17N3O5. The highest BCUT2D eigenvalue weighted by atomic mass is 16.7. The Bertz CT molecular complexity index is 856. The van der Waals surface area contributed by atoms with Gasteiger partial charge in [-0.1, -0.05) is 0 Å². The fraction of sp³-hybridized carbons (Fsp3) is 0.167. The van der Waals surface area contributed by atoms with Crippen LogP contribution in [-0.4, -0.2) is 30.9 Å². The van der Waals surface area contributed by atoms with E-state index < -0.39 is 11.8 Å². The van der Waals surface area contributed by atoms with E-state index >= 15 is 0 Å². The van der Waals surface area contributed by atoms with E-state index in [9.17, 15) is 9.59 Å². The van der Waals surface area contributed by atoms with Gasteiger partial charge in [-0.05, 0) is 49.4 Å². The van der Waals surface area contributed by atoms with Gasteiger partial charge in [0.2, 0.25) is 6.79 Å². The molecule has 0 bridgehead atoms. The Morgan fingerprint density at radius 1 is 1.23 bits per heavy atom. The number of benzene rings is 1. The van der Waals surface area contributed by atoms with Gasteiger partial charge in [0.1, 0.15) is 5.76 Å². The molecule has 0 unspecified atom stereocenters. The zero-order valence-electron chi connectivity index (χ0n) is 14.0. The lowest BCUT2D eigenvalue weighted by Crippen LogP contribution is -2.35. The summed E-state index contributed by atoms with van der Waals surface area (Å²) in [5.41, 5.74) is 3.33. The topological polar surface area (TPSA) is 102 Å². The highest BCUT2D eigenvalue weighted by Gasteiger charge is 2.16. The maximum Gasteiger partial charge on any atom is 0.259 e. The van der Waals surface area contributed by atoms with Crippen molar-refractivity contribution in [2.24, 2.45) is 5.10 Å². The molecule has 0 saturated carbocycles. The van der Waals surface area contributed by atoms with Gasteiger partial charge in [0.25, 0.3) is 11.8 Å². The number of nitrogens with one attached hydrogen (secondary N) is 2. The number of ether oxygens (including phenoxy) is 2. The van der Waals surface area contributed by atoms with Gasteiger partial charge in [-0.3, -0.25) is 9.59 Å². The minimum Gasteiger partial charge on any atom is -0.465 e. The van der Waals surface area contributed by atoms with Crippen LogP contribution in [0.2, 0.25) is 0 Å². The summed E-state index contributed by atoms with van der Waals surface area (Å²) in [5.74, 6) is 0.945. The summed E-state index contributed by atoms with van der Waals surface area (Å²) >= 11 is 0. The normalized spacial score (nSPS) is 13.0. The number of amides is 2. The third-order valence-corrected chi connectivity index (χ3v) is 3.43. The summed E-state index contributed by atoms with van der Waals surface area (Å²) in [6.07, 6.45) is 4.99. The highest BCUT2D eigenvalue weighted by molar-refractivity contribution is 5.98. The van der Waals surface area contributed by atoms with Crippen LogP contribution in [0.1, 0.15) is 23.0 Å². The third kappa shape index (κ3) is 4.50. The second-order valence-electron chi connectivity index (χ2n) is 5.39. The molecule has 2 aromatic rings. The van der Waals surface area contributed by atoms with Gasteiger partial charge in [0, 0.05) is 5.56 Å². The van der Waals surface area contributed by atoms with E-state index in [1.54, 1.807) is 55.7 Å². The van der Waals surface area contributed by atoms with E-state index in [2.05, 4.69) is 15.8 Å². The number of fused-ring (bicyclic) bond motifs is 1. The minimum absolute atomic E-state index is 0.133. The van der Waals surface area contributed by atoms with Crippen molar-refractivity contribution in [1.29, 1.82) is 0 Å². The second-order valence-corrected chi connectivity index (χ2v) is 5.39. The van der Waals surface area contributed by atoms with Crippen LogP contribution in [0.15, 0.2) is 52.2 Å². The quantitative estimate of drug-likeness (QED) is 0.609. The molecule has 2 heterocycles. The highest BCUT2D eigenvalue weighted by Crippen LogP contribution is 2.32. The molecule has 1 aliphatic heterocycles. The fourth-order valence-electron chi connectivity index (χ4n) is 2.12. The zero-order valence-corrected chi connectivity index (χ0v) is 14.0. The first-order valence-electron chi connectivity index (χ1n) is 7.84. The molecular weight excluding hydrogens is 338 g/mol.